The van der Waals surface area contributed by atoms with E-state index < -0.39 is 10.8 Å². The summed E-state index contributed by atoms with van der Waals surface area (Å²) in [4.78, 5) is 23.4. The molecule has 2 N–H and O–H groups in total. The number of carbonyl (C=O) groups is 1. The number of nitro benzene ring substituents is 1. The molecule has 3 rings (SSSR count). The number of nitro groups is 1. The molecule has 0 aliphatic carbocycles. The van der Waals surface area contributed by atoms with Gasteiger partial charge in [-0.05, 0) is 29.3 Å². The van der Waals surface area contributed by atoms with Gasteiger partial charge in [0.25, 0.3) is 11.6 Å². The minimum atomic E-state index is -0.523. The molecule has 7 nitrogen and oxygen atoms in total. The van der Waals surface area contributed by atoms with Crippen LogP contribution in [0.4, 0.5) is 17.1 Å². The highest BCUT2D eigenvalue weighted by atomic mass is 16.6. The van der Waals surface area contributed by atoms with Gasteiger partial charge in [0.05, 0.1) is 17.1 Å². The number of amides is 1. The van der Waals surface area contributed by atoms with Crippen molar-refractivity contribution < 1.29 is 14.5 Å². The number of carbonyl (C=O) groups excluding carboxylic acids is 1. The molecule has 3 aromatic rings. The molecule has 29 heavy (non-hydrogen) atoms. The zero-order chi connectivity index (χ0) is 20.6. The van der Waals surface area contributed by atoms with E-state index in [4.69, 9.17) is 4.74 Å². The van der Waals surface area contributed by atoms with Crippen LogP contribution >= 0.6 is 0 Å². The maximum atomic E-state index is 12.8. The Morgan fingerprint density at radius 2 is 1.69 bits per heavy atom. The summed E-state index contributed by atoms with van der Waals surface area (Å²) in [6, 6.07) is 21.5. The van der Waals surface area contributed by atoms with Gasteiger partial charge in [0.2, 0.25) is 0 Å². The van der Waals surface area contributed by atoms with Crippen LogP contribution < -0.4 is 10.6 Å². The number of hydrogen-bond acceptors (Lipinski definition) is 5. The largest absolute Gasteiger partial charge is 0.383 e. The smallest absolute Gasteiger partial charge is 0.270 e. The number of methoxy groups -OCH3 is 1. The SMILES string of the molecule is COCCNc1ccc([N+](=O)[O-])cc1C(=O)Nc1ccc(-c2ccccc2)cc1. The van der Waals surface area contributed by atoms with Crippen LogP contribution in [-0.4, -0.2) is 31.1 Å². The third-order valence-electron chi connectivity index (χ3n) is 4.33. The van der Waals surface area contributed by atoms with Crippen molar-refractivity contribution in [2.45, 2.75) is 0 Å². The number of anilines is 2. The van der Waals surface area contributed by atoms with E-state index in [0.717, 1.165) is 11.1 Å². The maximum absolute atomic E-state index is 12.8. The van der Waals surface area contributed by atoms with Crippen LogP contribution in [0, 0.1) is 10.1 Å². The van der Waals surface area contributed by atoms with Crippen molar-refractivity contribution in [2.75, 3.05) is 30.9 Å². The molecule has 0 atom stereocenters. The standard InChI is InChI=1S/C22H21N3O4/c1-29-14-13-23-21-12-11-19(25(27)28)15-20(21)22(26)24-18-9-7-17(8-10-18)16-5-3-2-4-6-16/h2-12,15,23H,13-14H2,1H3,(H,24,26). The average Bonchev–Trinajstić information content (AvgIpc) is 2.75. The molecule has 0 unspecified atom stereocenters. The van der Waals surface area contributed by atoms with Crippen molar-refractivity contribution in [1.82, 2.24) is 0 Å². The average molecular weight is 391 g/mol. The van der Waals surface area contributed by atoms with E-state index >= 15 is 0 Å². The van der Waals surface area contributed by atoms with E-state index in [9.17, 15) is 14.9 Å². The first-order chi connectivity index (χ1) is 14.1. The van der Waals surface area contributed by atoms with E-state index in [-0.39, 0.29) is 11.3 Å². The molecule has 0 radical (unpaired) electrons. The first kappa shape index (κ1) is 20.0. The molecule has 0 heterocycles. The highest BCUT2D eigenvalue weighted by molar-refractivity contribution is 6.08. The number of non-ortho nitro benzene ring substituents is 1. The van der Waals surface area contributed by atoms with Crippen LogP contribution in [0.2, 0.25) is 0 Å². The summed E-state index contributed by atoms with van der Waals surface area (Å²) in [6.45, 7) is 0.916. The van der Waals surface area contributed by atoms with E-state index in [2.05, 4.69) is 10.6 Å². The second-order valence-corrected chi connectivity index (χ2v) is 6.30. The minimum Gasteiger partial charge on any atom is -0.383 e. The van der Waals surface area contributed by atoms with Gasteiger partial charge in [-0.1, -0.05) is 42.5 Å². The molecule has 0 saturated heterocycles. The zero-order valence-electron chi connectivity index (χ0n) is 15.9. The molecule has 0 fully saturated rings. The monoisotopic (exact) mass is 391 g/mol. The van der Waals surface area contributed by atoms with Gasteiger partial charge < -0.3 is 15.4 Å². The molecule has 0 bridgehead atoms. The lowest BCUT2D eigenvalue weighted by Crippen LogP contribution is -2.16. The summed E-state index contributed by atoms with van der Waals surface area (Å²) in [6.07, 6.45) is 0. The van der Waals surface area contributed by atoms with Gasteiger partial charge in [-0.3, -0.25) is 14.9 Å². The molecule has 0 aliphatic heterocycles. The molecule has 148 valence electrons. The van der Waals surface area contributed by atoms with Crippen molar-refractivity contribution in [3.8, 4) is 11.1 Å². The quantitative estimate of drug-likeness (QED) is 0.333. The number of nitrogens with zero attached hydrogens (tertiary/aromatic N) is 1. The Morgan fingerprint density at radius 3 is 2.34 bits per heavy atom. The van der Waals surface area contributed by atoms with Crippen molar-refractivity contribution in [1.29, 1.82) is 0 Å². The third-order valence-corrected chi connectivity index (χ3v) is 4.33. The molecule has 0 aliphatic rings. The summed E-state index contributed by atoms with van der Waals surface area (Å²) in [5, 5.41) is 17.0. The maximum Gasteiger partial charge on any atom is 0.270 e. The van der Waals surface area contributed by atoms with Gasteiger partial charge in [0.15, 0.2) is 0 Å². The van der Waals surface area contributed by atoms with Crippen molar-refractivity contribution in [3.05, 3.63) is 88.5 Å². The normalized spacial score (nSPS) is 10.4. The first-order valence-electron chi connectivity index (χ1n) is 9.06. The summed E-state index contributed by atoms with van der Waals surface area (Å²) < 4.78 is 5.00. The van der Waals surface area contributed by atoms with Crippen molar-refractivity contribution in [2.24, 2.45) is 0 Å². The van der Waals surface area contributed by atoms with Gasteiger partial charge in [-0.2, -0.15) is 0 Å². The molecule has 0 spiro atoms. The Labute approximate surface area is 168 Å². The van der Waals surface area contributed by atoms with Gasteiger partial charge in [0, 0.05) is 37.2 Å². The highest BCUT2D eigenvalue weighted by Gasteiger charge is 2.17. The third kappa shape index (κ3) is 5.18. The first-order valence-corrected chi connectivity index (χ1v) is 9.06. The number of nitrogens with one attached hydrogen (secondary N) is 2. The van der Waals surface area contributed by atoms with Crippen LogP contribution in [0.15, 0.2) is 72.8 Å². The zero-order valence-corrected chi connectivity index (χ0v) is 15.9. The fourth-order valence-electron chi connectivity index (χ4n) is 2.85. The second kappa shape index (κ2) is 9.48. The van der Waals surface area contributed by atoms with E-state index in [0.29, 0.717) is 24.5 Å². The topological polar surface area (TPSA) is 93.5 Å². The molecular formula is C22H21N3O4. The lowest BCUT2D eigenvalue weighted by molar-refractivity contribution is -0.384. The predicted molar refractivity (Wildman–Crippen MR) is 113 cm³/mol. The van der Waals surface area contributed by atoms with Crippen molar-refractivity contribution >= 4 is 23.0 Å². The number of rotatable bonds is 8. The van der Waals surface area contributed by atoms with Crippen LogP contribution in [0.1, 0.15) is 10.4 Å². The Hall–Kier alpha value is -3.71. The Balaban J connectivity index is 1.80. The lowest BCUT2D eigenvalue weighted by Gasteiger charge is -2.12. The number of ether oxygens (including phenoxy) is 1. The highest BCUT2D eigenvalue weighted by Crippen LogP contribution is 2.25. The van der Waals surface area contributed by atoms with Crippen LogP contribution in [0.25, 0.3) is 11.1 Å². The Kier molecular flexibility index (Phi) is 6.55. The van der Waals surface area contributed by atoms with Crippen LogP contribution in [0.5, 0.6) is 0 Å². The Morgan fingerprint density at radius 1 is 1.00 bits per heavy atom. The Bertz CT molecular complexity index is 989. The fourth-order valence-corrected chi connectivity index (χ4v) is 2.85. The summed E-state index contributed by atoms with van der Waals surface area (Å²) in [5.74, 6) is -0.430. The summed E-state index contributed by atoms with van der Waals surface area (Å²) in [5.41, 5.74) is 3.26. The molecule has 3 aromatic carbocycles. The number of hydrogen-bond donors (Lipinski definition) is 2. The summed E-state index contributed by atoms with van der Waals surface area (Å²) in [7, 11) is 1.57. The van der Waals surface area contributed by atoms with Gasteiger partial charge >= 0.3 is 0 Å². The lowest BCUT2D eigenvalue weighted by atomic mass is 10.1. The molecular weight excluding hydrogens is 370 g/mol. The van der Waals surface area contributed by atoms with Crippen LogP contribution in [-0.2, 0) is 4.74 Å². The molecule has 1 amide bonds. The second-order valence-electron chi connectivity index (χ2n) is 6.30. The molecule has 7 heteroatoms. The van der Waals surface area contributed by atoms with Gasteiger partial charge in [-0.15, -0.1) is 0 Å². The van der Waals surface area contributed by atoms with E-state index in [1.54, 1.807) is 19.2 Å². The van der Waals surface area contributed by atoms with E-state index in [1.807, 2.05) is 42.5 Å². The van der Waals surface area contributed by atoms with Gasteiger partial charge in [-0.25, -0.2) is 0 Å². The molecule has 0 saturated carbocycles. The van der Waals surface area contributed by atoms with Crippen molar-refractivity contribution in [3.63, 3.8) is 0 Å². The van der Waals surface area contributed by atoms with Gasteiger partial charge in [0.1, 0.15) is 0 Å². The summed E-state index contributed by atoms with van der Waals surface area (Å²) >= 11 is 0. The predicted octanol–water partition coefficient (Wildman–Crippen LogP) is 4.57. The number of benzene rings is 3. The van der Waals surface area contributed by atoms with Crippen LogP contribution in [0.3, 0.4) is 0 Å². The fraction of sp³-hybridized carbons (Fsp3) is 0.136. The molecule has 0 aromatic heterocycles. The van der Waals surface area contributed by atoms with E-state index in [1.165, 1.54) is 18.2 Å². The minimum absolute atomic E-state index is 0.146.